The van der Waals surface area contributed by atoms with Gasteiger partial charge < -0.3 is 9.64 Å². The van der Waals surface area contributed by atoms with Gasteiger partial charge in [0.1, 0.15) is 5.78 Å². The van der Waals surface area contributed by atoms with E-state index in [0.29, 0.717) is 18.7 Å². The number of nitrogens with zero attached hydrogens (tertiary/aromatic N) is 1. The summed E-state index contributed by atoms with van der Waals surface area (Å²) in [4.78, 5) is 25.0. The van der Waals surface area contributed by atoms with E-state index in [1.54, 1.807) is 24.1 Å². The van der Waals surface area contributed by atoms with Crippen LogP contribution in [-0.4, -0.2) is 43.4 Å². The molecular weight excluding hydrogens is 230 g/mol. The van der Waals surface area contributed by atoms with E-state index in [0.717, 1.165) is 6.42 Å². The smallest absolute Gasteiger partial charge is 0.254 e. The third-order valence-electron chi connectivity index (χ3n) is 2.50. The minimum absolute atomic E-state index is 0.0169. The van der Waals surface area contributed by atoms with Crippen molar-refractivity contribution in [1.82, 2.24) is 4.90 Å². The molecule has 0 aliphatic heterocycles. The molecule has 0 spiro atoms. The largest absolute Gasteiger partial charge is 0.385 e. The lowest BCUT2D eigenvalue weighted by Crippen LogP contribution is -2.36. The molecule has 0 atom stereocenters. The van der Waals surface area contributed by atoms with E-state index in [1.807, 2.05) is 18.2 Å². The van der Waals surface area contributed by atoms with Gasteiger partial charge in [0.25, 0.3) is 5.91 Å². The van der Waals surface area contributed by atoms with Crippen molar-refractivity contribution in [3.05, 3.63) is 35.9 Å². The first-order valence-corrected chi connectivity index (χ1v) is 5.98. The maximum atomic E-state index is 12.2. The number of rotatable bonds is 7. The third kappa shape index (κ3) is 4.67. The fraction of sp³-hybridized carbons (Fsp3) is 0.429. The SMILES string of the molecule is COCCCN(CC(C)=O)C(=O)c1ccccc1. The fourth-order valence-corrected chi connectivity index (χ4v) is 1.68. The van der Waals surface area contributed by atoms with Crippen LogP contribution in [0, 0.1) is 0 Å². The van der Waals surface area contributed by atoms with Gasteiger partial charge in [0, 0.05) is 25.8 Å². The Kier molecular flexibility index (Phi) is 6.08. The predicted octanol–water partition coefficient (Wildman–Crippen LogP) is 1.75. The fourth-order valence-electron chi connectivity index (χ4n) is 1.68. The van der Waals surface area contributed by atoms with Crippen molar-refractivity contribution in [3.8, 4) is 0 Å². The summed E-state index contributed by atoms with van der Waals surface area (Å²) in [6.07, 6.45) is 0.725. The van der Waals surface area contributed by atoms with Crippen LogP contribution in [0.1, 0.15) is 23.7 Å². The number of Topliss-reactive ketones (excluding diaryl/α,β-unsaturated/α-hetero) is 1. The van der Waals surface area contributed by atoms with Crippen molar-refractivity contribution in [2.24, 2.45) is 0 Å². The lowest BCUT2D eigenvalue weighted by molar-refractivity contribution is -0.117. The Bertz CT molecular complexity index is 389. The number of hydrogen-bond donors (Lipinski definition) is 0. The van der Waals surface area contributed by atoms with E-state index < -0.39 is 0 Å². The molecule has 0 bridgehead atoms. The second-order valence-electron chi connectivity index (χ2n) is 4.14. The van der Waals surface area contributed by atoms with Gasteiger partial charge in [0.2, 0.25) is 0 Å². The van der Waals surface area contributed by atoms with E-state index in [1.165, 1.54) is 6.92 Å². The molecule has 1 amide bonds. The summed E-state index contributed by atoms with van der Waals surface area (Å²) in [6, 6.07) is 9.00. The summed E-state index contributed by atoms with van der Waals surface area (Å²) >= 11 is 0. The second kappa shape index (κ2) is 7.61. The number of carbonyl (C=O) groups excluding carboxylic acids is 2. The Morgan fingerprint density at radius 1 is 1.22 bits per heavy atom. The minimum atomic E-state index is -0.109. The number of ketones is 1. The number of benzene rings is 1. The summed E-state index contributed by atoms with van der Waals surface area (Å²) in [6.45, 7) is 2.75. The van der Waals surface area contributed by atoms with Gasteiger partial charge in [0.05, 0.1) is 6.54 Å². The van der Waals surface area contributed by atoms with Crippen LogP contribution in [0.15, 0.2) is 30.3 Å². The van der Waals surface area contributed by atoms with Gasteiger partial charge in [0.15, 0.2) is 0 Å². The molecule has 0 saturated heterocycles. The minimum Gasteiger partial charge on any atom is -0.385 e. The molecule has 0 heterocycles. The van der Waals surface area contributed by atoms with Gasteiger partial charge in [-0.3, -0.25) is 9.59 Å². The molecule has 0 unspecified atom stereocenters. The van der Waals surface area contributed by atoms with Gasteiger partial charge in [-0.05, 0) is 25.5 Å². The summed E-state index contributed by atoms with van der Waals surface area (Å²) in [5.41, 5.74) is 0.608. The van der Waals surface area contributed by atoms with E-state index in [-0.39, 0.29) is 18.2 Å². The van der Waals surface area contributed by atoms with E-state index in [4.69, 9.17) is 4.74 Å². The summed E-state index contributed by atoms with van der Waals surface area (Å²) in [7, 11) is 1.62. The molecule has 1 rings (SSSR count). The highest BCUT2D eigenvalue weighted by molar-refractivity contribution is 5.96. The second-order valence-corrected chi connectivity index (χ2v) is 4.14. The van der Waals surface area contributed by atoms with E-state index in [2.05, 4.69) is 0 Å². The van der Waals surface area contributed by atoms with E-state index in [9.17, 15) is 9.59 Å². The van der Waals surface area contributed by atoms with Crippen molar-refractivity contribution in [1.29, 1.82) is 0 Å². The van der Waals surface area contributed by atoms with Crippen LogP contribution in [0.4, 0.5) is 0 Å². The molecule has 0 aliphatic rings. The normalized spacial score (nSPS) is 10.1. The molecule has 1 aromatic carbocycles. The predicted molar refractivity (Wildman–Crippen MR) is 69.5 cm³/mol. The van der Waals surface area contributed by atoms with Crippen LogP contribution in [0.2, 0.25) is 0 Å². The van der Waals surface area contributed by atoms with Crippen LogP contribution in [0.3, 0.4) is 0 Å². The zero-order valence-electron chi connectivity index (χ0n) is 10.9. The zero-order valence-corrected chi connectivity index (χ0v) is 10.9. The highest BCUT2D eigenvalue weighted by Crippen LogP contribution is 2.05. The monoisotopic (exact) mass is 249 g/mol. The van der Waals surface area contributed by atoms with Gasteiger partial charge in [-0.15, -0.1) is 0 Å². The summed E-state index contributed by atoms with van der Waals surface area (Å²) in [5.74, 6) is -0.126. The molecule has 18 heavy (non-hydrogen) atoms. The number of hydrogen-bond acceptors (Lipinski definition) is 3. The van der Waals surface area contributed by atoms with Gasteiger partial charge in [-0.25, -0.2) is 0 Å². The molecular formula is C14H19NO3. The lowest BCUT2D eigenvalue weighted by Gasteiger charge is -2.21. The van der Waals surface area contributed by atoms with Crippen LogP contribution < -0.4 is 0 Å². The Morgan fingerprint density at radius 2 is 1.89 bits per heavy atom. The molecule has 0 saturated carbocycles. The zero-order chi connectivity index (χ0) is 13.4. The first-order valence-electron chi connectivity index (χ1n) is 5.98. The van der Waals surface area contributed by atoms with Crippen LogP contribution in [0.5, 0.6) is 0 Å². The van der Waals surface area contributed by atoms with Crippen molar-refractivity contribution >= 4 is 11.7 Å². The van der Waals surface area contributed by atoms with Crippen LogP contribution >= 0.6 is 0 Å². The third-order valence-corrected chi connectivity index (χ3v) is 2.50. The maximum absolute atomic E-state index is 12.2. The van der Waals surface area contributed by atoms with Crippen molar-refractivity contribution in [2.75, 3.05) is 26.8 Å². The molecule has 0 radical (unpaired) electrons. The number of amides is 1. The summed E-state index contributed by atoms with van der Waals surface area (Å²) < 4.78 is 4.96. The molecule has 4 nitrogen and oxygen atoms in total. The van der Waals surface area contributed by atoms with Gasteiger partial charge >= 0.3 is 0 Å². The molecule has 0 aliphatic carbocycles. The highest BCUT2D eigenvalue weighted by atomic mass is 16.5. The van der Waals surface area contributed by atoms with E-state index >= 15 is 0 Å². The van der Waals surface area contributed by atoms with Crippen molar-refractivity contribution in [2.45, 2.75) is 13.3 Å². The average molecular weight is 249 g/mol. The Morgan fingerprint density at radius 3 is 2.44 bits per heavy atom. The van der Waals surface area contributed by atoms with Crippen LogP contribution in [-0.2, 0) is 9.53 Å². The summed E-state index contributed by atoms with van der Waals surface area (Å²) in [5, 5.41) is 0. The Balaban J connectivity index is 2.69. The first-order chi connectivity index (χ1) is 8.65. The Hall–Kier alpha value is -1.68. The maximum Gasteiger partial charge on any atom is 0.254 e. The Labute approximate surface area is 108 Å². The van der Waals surface area contributed by atoms with Crippen molar-refractivity contribution < 1.29 is 14.3 Å². The quantitative estimate of drug-likeness (QED) is 0.692. The number of methoxy groups -OCH3 is 1. The molecule has 98 valence electrons. The van der Waals surface area contributed by atoms with Gasteiger partial charge in [-0.1, -0.05) is 18.2 Å². The topological polar surface area (TPSA) is 46.6 Å². The highest BCUT2D eigenvalue weighted by Gasteiger charge is 2.16. The molecule has 0 N–H and O–H groups in total. The molecule has 0 fully saturated rings. The molecule has 1 aromatic rings. The lowest BCUT2D eigenvalue weighted by atomic mass is 10.2. The average Bonchev–Trinajstić information content (AvgIpc) is 2.37. The number of carbonyl (C=O) groups is 2. The van der Waals surface area contributed by atoms with Crippen LogP contribution in [0.25, 0.3) is 0 Å². The molecule has 0 aromatic heterocycles. The molecule has 4 heteroatoms. The van der Waals surface area contributed by atoms with Gasteiger partial charge in [-0.2, -0.15) is 0 Å². The standard InChI is InChI=1S/C14H19NO3/c1-12(16)11-15(9-6-10-18-2)14(17)13-7-4-3-5-8-13/h3-5,7-8H,6,9-11H2,1-2H3. The first kappa shape index (κ1) is 14.4. The number of ether oxygens (including phenoxy) is 1. The van der Waals surface area contributed by atoms with Crippen molar-refractivity contribution in [3.63, 3.8) is 0 Å².